The second-order valence-corrected chi connectivity index (χ2v) is 7.86. The van der Waals surface area contributed by atoms with Crippen molar-refractivity contribution >= 4 is 11.7 Å². The molecular weight excluding hydrogens is 382 g/mol. The molecule has 0 radical (unpaired) electrons. The molecule has 3 aromatic rings. The van der Waals surface area contributed by atoms with E-state index in [1.165, 1.54) is 0 Å². The quantitative estimate of drug-likeness (QED) is 0.640. The highest BCUT2D eigenvalue weighted by atomic mass is 16.3. The Morgan fingerprint density at radius 1 is 1.27 bits per heavy atom. The molecule has 0 unspecified atom stereocenters. The van der Waals surface area contributed by atoms with E-state index in [1.807, 2.05) is 39.0 Å². The Balaban J connectivity index is 1.61. The van der Waals surface area contributed by atoms with Crippen LogP contribution < -0.4 is 11.1 Å². The van der Waals surface area contributed by atoms with Crippen LogP contribution in [0.5, 0.6) is 0 Å². The second kappa shape index (κ2) is 8.37. The number of nitrogens with two attached hydrogens (primary N) is 1. The summed E-state index contributed by atoms with van der Waals surface area (Å²) in [6.45, 7) is 8.44. The largest absolute Gasteiger partial charge is 0.458 e. The van der Waals surface area contributed by atoms with Crippen molar-refractivity contribution in [3.05, 3.63) is 41.4 Å². The minimum atomic E-state index is -0.118. The van der Waals surface area contributed by atoms with Crippen LogP contribution in [0, 0.1) is 26.7 Å². The summed E-state index contributed by atoms with van der Waals surface area (Å²) in [5.41, 5.74) is 7.57. The first-order chi connectivity index (χ1) is 14.4. The van der Waals surface area contributed by atoms with Gasteiger partial charge in [-0.1, -0.05) is 0 Å². The molecule has 0 bridgehead atoms. The number of aromatic nitrogens is 4. The lowest BCUT2D eigenvalue weighted by Crippen LogP contribution is -2.32. The molecule has 1 saturated heterocycles. The fourth-order valence-electron chi connectivity index (χ4n) is 3.77. The standard InChI is InChI=1S/C21H27N7O2/c1-13-8-14(2)28(26-13)19-9-18(24-21(25-19)17-5-4-15(3)30-17)23-20(29)12-27-7-6-16(10-22)11-27/h4-5,8-9,16H,6-7,10-12,22H2,1-3H3,(H,23,24,25,29)/t16-/m0/s1. The highest BCUT2D eigenvalue weighted by Crippen LogP contribution is 2.23. The summed E-state index contributed by atoms with van der Waals surface area (Å²) in [6, 6.07) is 7.37. The molecule has 1 aliphatic heterocycles. The SMILES string of the molecule is Cc1cc(C)n(-c2cc(NC(=O)CN3CC[C@@H](CN)C3)nc(-c3ccc(C)o3)n2)n1. The van der Waals surface area contributed by atoms with Crippen molar-refractivity contribution in [1.82, 2.24) is 24.6 Å². The van der Waals surface area contributed by atoms with Crippen molar-refractivity contribution in [3.63, 3.8) is 0 Å². The number of carbonyl (C=O) groups excluding carboxylic acids is 1. The fourth-order valence-corrected chi connectivity index (χ4v) is 3.77. The Morgan fingerprint density at radius 2 is 2.10 bits per heavy atom. The number of aryl methyl sites for hydroxylation is 3. The average Bonchev–Trinajstić information content (AvgIpc) is 3.41. The van der Waals surface area contributed by atoms with Crippen molar-refractivity contribution in [2.24, 2.45) is 11.7 Å². The van der Waals surface area contributed by atoms with Crippen LogP contribution in [0.15, 0.2) is 28.7 Å². The molecule has 4 heterocycles. The molecule has 1 atom stereocenters. The molecular formula is C21H27N7O2. The van der Waals surface area contributed by atoms with Gasteiger partial charge in [-0.05, 0) is 64.4 Å². The first-order valence-electron chi connectivity index (χ1n) is 10.1. The van der Waals surface area contributed by atoms with Crippen LogP contribution in [0.1, 0.15) is 23.6 Å². The van der Waals surface area contributed by atoms with Crippen LogP contribution >= 0.6 is 0 Å². The van der Waals surface area contributed by atoms with Crippen LogP contribution in [0.2, 0.25) is 0 Å². The van der Waals surface area contributed by atoms with Gasteiger partial charge in [0.1, 0.15) is 11.6 Å². The number of nitrogens with zero attached hydrogens (tertiary/aromatic N) is 5. The Kier molecular flexibility index (Phi) is 5.65. The zero-order valence-electron chi connectivity index (χ0n) is 17.6. The molecule has 1 fully saturated rings. The Bertz CT molecular complexity index is 1060. The first kappa shape index (κ1) is 20.2. The zero-order valence-corrected chi connectivity index (χ0v) is 17.6. The van der Waals surface area contributed by atoms with E-state index in [1.54, 1.807) is 10.7 Å². The van der Waals surface area contributed by atoms with E-state index in [0.29, 0.717) is 42.2 Å². The van der Waals surface area contributed by atoms with Gasteiger partial charge in [-0.2, -0.15) is 5.10 Å². The van der Waals surface area contributed by atoms with Crippen LogP contribution in [0.4, 0.5) is 5.82 Å². The predicted molar refractivity (Wildman–Crippen MR) is 113 cm³/mol. The van der Waals surface area contributed by atoms with Gasteiger partial charge >= 0.3 is 0 Å². The van der Waals surface area contributed by atoms with E-state index in [0.717, 1.165) is 36.7 Å². The molecule has 4 rings (SSSR count). The van der Waals surface area contributed by atoms with Gasteiger partial charge in [-0.15, -0.1) is 0 Å². The van der Waals surface area contributed by atoms with Gasteiger partial charge in [-0.3, -0.25) is 9.69 Å². The molecule has 30 heavy (non-hydrogen) atoms. The lowest BCUT2D eigenvalue weighted by Gasteiger charge is -2.15. The molecule has 158 valence electrons. The number of likely N-dealkylation sites (tertiary alicyclic amines) is 1. The lowest BCUT2D eigenvalue weighted by molar-refractivity contribution is -0.117. The minimum Gasteiger partial charge on any atom is -0.458 e. The van der Waals surface area contributed by atoms with Gasteiger partial charge in [-0.25, -0.2) is 14.6 Å². The van der Waals surface area contributed by atoms with Crippen molar-refractivity contribution in [1.29, 1.82) is 0 Å². The monoisotopic (exact) mass is 409 g/mol. The predicted octanol–water partition coefficient (Wildman–Crippen LogP) is 2.07. The maximum absolute atomic E-state index is 12.6. The molecule has 1 amide bonds. The third-order valence-electron chi connectivity index (χ3n) is 5.24. The molecule has 9 nitrogen and oxygen atoms in total. The van der Waals surface area contributed by atoms with Gasteiger partial charge in [0.2, 0.25) is 5.91 Å². The zero-order chi connectivity index (χ0) is 21.3. The Labute approximate surface area is 175 Å². The van der Waals surface area contributed by atoms with Gasteiger partial charge in [0, 0.05) is 18.3 Å². The van der Waals surface area contributed by atoms with E-state index in [4.69, 9.17) is 10.2 Å². The third-order valence-corrected chi connectivity index (χ3v) is 5.24. The van der Waals surface area contributed by atoms with Crippen LogP contribution in [-0.4, -0.2) is 56.7 Å². The number of hydrogen-bond donors (Lipinski definition) is 2. The molecule has 9 heteroatoms. The van der Waals surface area contributed by atoms with Crippen molar-refractivity contribution in [3.8, 4) is 17.4 Å². The average molecular weight is 409 g/mol. The maximum atomic E-state index is 12.6. The fraction of sp³-hybridized carbons (Fsp3) is 0.429. The van der Waals surface area contributed by atoms with Crippen molar-refractivity contribution < 1.29 is 9.21 Å². The van der Waals surface area contributed by atoms with E-state index in [9.17, 15) is 4.79 Å². The van der Waals surface area contributed by atoms with Crippen molar-refractivity contribution in [2.45, 2.75) is 27.2 Å². The summed E-state index contributed by atoms with van der Waals surface area (Å²) >= 11 is 0. The number of nitrogens with one attached hydrogen (secondary N) is 1. The highest BCUT2D eigenvalue weighted by Gasteiger charge is 2.23. The molecule has 1 aliphatic rings. The Hall–Kier alpha value is -3.04. The molecule has 0 aliphatic carbocycles. The topological polar surface area (TPSA) is 115 Å². The molecule has 3 N–H and O–H groups in total. The number of furan rings is 1. The van der Waals surface area contributed by atoms with Gasteiger partial charge in [0.15, 0.2) is 17.4 Å². The highest BCUT2D eigenvalue weighted by molar-refractivity contribution is 5.91. The second-order valence-electron chi connectivity index (χ2n) is 7.86. The van der Waals surface area contributed by atoms with Gasteiger partial charge < -0.3 is 15.5 Å². The van der Waals surface area contributed by atoms with Crippen LogP contribution in [0.25, 0.3) is 17.4 Å². The van der Waals surface area contributed by atoms with Gasteiger partial charge in [0.05, 0.1) is 12.2 Å². The normalized spacial score (nSPS) is 16.9. The molecule has 0 spiro atoms. The molecule has 3 aromatic heterocycles. The van der Waals surface area contributed by atoms with Gasteiger partial charge in [0.25, 0.3) is 0 Å². The number of amides is 1. The Morgan fingerprint density at radius 3 is 2.73 bits per heavy atom. The number of rotatable bonds is 6. The number of carbonyl (C=O) groups is 1. The van der Waals surface area contributed by atoms with Crippen LogP contribution in [0.3, 0.4) is 0 Å². The summed E-state index contributed by atoms with van der Waals surface area (Å²) in [6.07, 6.45) is 1.03. The smallest absolute Gasteiger partial charge is 0.239 e. The third kappa shape index (κ3) is 4.42. The van der Waals surface area contributed by atoms with Crippen LogP contribution in [-0.2, 0) is 4.79 Å². The van der Waals surface area contributed by atoms with E-state index in [2.05, 4.69) is 25.3 Å². The summed E-state index contributed by atoms with van der Waals surface area (Å²) in [5, 5.41) is 7.41. The first-order valence-corrected chi connectivity index (χ1v) is 10.1. The van der Waals surface area contributed by atoms with Crippen molar-refractivity contribution in [2.75, 3.05) is 31.5 Å². The lowest BCUT2D eigenvalue weighted by atomic mass is 10.1. The minimum absolute atomic E-state index is 0.118. The molecule has 0 saturated carbocycles. The maximum Gasteiger partial charge on any atom is 0.239 e. The summed E-state index contributed by atoms with van der Waals surface area (Å²) in [4.78, 5) is 23.9. The summed E-state index contributed by atoms with van der Waals surface area (Å²) in [7, 11) is 0. The summed E-state index contributed by atoms with van der Waals surface area (Å²) in [5.74, 6) is 3.02. The molecule has 0 aromatic carbocycles. The van der Waals surface area contributed by atoms with E-state index >= 15 is 0 Å². The number of anilines is 1. The van der Waals surface area contributed by atoms with E-state index in [-0.39, 0.29) is 5.91 Å². The summed E-state index contributed by atoms with van der Waals surface area (Å²) < 4.78 is 7.43. The van der Waals surface area contributed by atoms with E-state index < -0.39 is 0 Å². The number of hydrogen-bond acceptors (Lipinski definition) is 7.